The normalized spacial score (nSPS) is 14.1. The zero-order valence-electron chi connectivity index (χ0n) is 20.9. The summed E-state index contributed by atoms with van der Waals surface area (Å²) in [6, 6.07) is 6.64. The van der Waals surface area contributed by atoms with Crippen molar-refractivity contribution in [3.8, 4) is 12.8 Å². The number of aryl methyl sites for hydroxylation is 1. The molecule has 2 rings (SSSR count). The van der Waals surface area contributed by atoms with Gasteiger partial charge in [0.05, 0.1) is 0 Å². The lowest BCUT2D eigenvalue weighted by Gasteiger charge is -2.35. The Morgan fingerprint density at radius 3 is 2.34 bits per heavy atom. The number of allylic oxidation sites excluding steroid dienone is 2. The molecule has 1 aromatic carbocycles. The fraction of sp³-hybridized carbons (Fsp3) is 0.462. The molecular weight excluding hydrogens is 400 g/mol. The Morgan fingerprint density at radius 1 is 1.31 bits per heavy atom. The van der Waals surface area contributed by atoms with E-state index in [0.29, 0.717) is 0 Å². The molecule has 2 amide bonds. The summed E-state index contributed by atoms with van der Waals surface area (Å²) in [6.07, 6.45) is 14.0. The molecular formula is C26H42N4O2. The molecule has 1 aliphatic rings. The molecule has 0 bridgehead atoms. The number of amides is 2. The largest absolute Gasteiger partial charge is 0.379 e. The molecule has 0 saturated heterocycles. The zero-order chi connectivity index (χ0) is 25.3. The highest BCUT2D eigenvalue weighted by atomic mass is 16.2. The molecule has 0 saturated carbocycles. The van der Waals surface area contributed by atoms with Crippen molar-refractivity contribution in [1.82, 2.24) is 10.2 Å². The van der Waals surface area contributed by atoms with Crippen LogP contribution in [0, 0.1) is 12.8 Å². The van der Waals surface area contributed by atoms with E-state index >= 15 is 0 Å². The lowest BCUT2D eigenvalue weighted by Crippen LogP contribution is -2.40. The van der Waals surface area contributed by atoms with Crippen LogP contribution < -0.4 is 16.0 Å². The molecule has 0 spiro atoms. The Balaban J connectivity index is 0. The number of benzene rings is 1. The van der Waals surface area contributed by atoms with Crippen LogP contribution in [0.2, 0.25) is 0 Å². The summed E-state index contributed by atoms with van der Waals surface area (Å²) in [4.78, 5) is 25.3. The quantitative estimate of drug-likeness (QED) is 0.519. The van der Waals surface area contributed by atoms with Gasteiger partial charge in [-0.1, -0.05) is 32.6 Å². The number of nitrogens with one attached hydrogen (secondary N) is 1. The summed E-state index contributed by atoms with van der Waals surface area (Å²) < 4.78 is 0. The van der Waals surface area contributed by atoms with Crippen LogP contribution in [0.1, 0.15) is 52.2 Å². The van der Waals surface area contributed by atoms with Gasteiger partial charge in [0.1, 0.15) is 0 Å². The fourth-order valence-electron chi connectivity index (χ4n) is 3.25. The van der Waals surface area contributed by atoms with Gasteiger partial charge in [0, 0.05) is 51.9 Å². The van der Waals surface area contributed by atoms with Crippen molar-refractivity contribution in [3.05, 3.63) is 48.2 Å². The van der Waals surface area contributed by atoms with Crippen molar-refractivity contribution in [2.45, 2.75) is 53.5 Å². The number of likely N-dealkylation sites (N-methyl/N-ethyl adjacent to an activating group) is 2. The van der Waals surface area contributed by atoms with Gasteiger partial charge in [-0.15, -0.1) is 12.8 Å². The number of anilines is 1. The number of carbonyl (C=O) groups excluding carboxylic acids is 2. The number of terminal acetylenes is 1. The van der Waals surface area contributed by atoms with Crippen LogP contribution in [0.4, 0.5) is 5.69 Å². The second-order valence-electron chi connectivity index (χ2n) is 7.10. The number of rotatable bonds is 6. The van der Waals surface area contributed by atoms with Gasteiger partial charge in [0.2, 0.25) is 11.8 Å². The van der Waals surface area contributed by atoms with Crippen LogP contribution >= 0.6 is 0 Å². The molecule has 6 heteroatoms. The third-order valence-electron chi connectivity index (χ3n) is 4.58. The van der Waals surface area contributed by atoms with Gasteiger partial charge in [-0.3, -0.25) is 9.59 Å². The number of hydrogen-bond acceptors (Lipinski definition) is 4. The van der Waals surface area contributed by atoms with Crippen LogP contribution in [0.5, 0.6) is 0 Å². The summed E-state index contributed by atoms with van der Waals surface area (Å²) in [5, 5.41) is 3.16. The number of carbonyl (C=O) groups is 2. The van der Waals surface area contributed by atoms with Crippen molar-refractivity contribution in [2.75, 3.05) is 32.1 Å². The molecule has 6 nitrogen and oxygen atoms in total. The Hall–Kier alpha value is -3.04. The third kappa shape index (κ3) is 10.8. The maximum atomic E-state index is 12.0. The Labute approximate surface area is 195 Å². The SMILES string of the molecule is C#C.C=C/C(=C\N(C)CCNC)c1ccc2c(c1)CC[C@H](C)N2C(C)=O.CC.CC(N)=O. The van der Waals surface area contributed by atoms with E-state index < -0.39 is 0 Å². The third-order valence-corrected chi connectivity index (χ3v) is 4.58. The first-order chi connectivity index (χ1) is 15.2. The minimum Gasteiger partial charge on any atom is -0.379 e. The molecule has 1 aliphatic heterocycles. The molecule has 0 aromatic heterocycles. The maximum absolute atomic E-state index is 12.0. The minimum atomic E-state index is -0.333. The minimum absolute atomic E-state index is 0.113. The van der Waals surface area contributed by atoms with E-state index in [1.54, 1.807) is 6.92 Å². The smallest absolute Gasteiger partial charge is 0.224 e. The van der Waals surface area contributed by atoms with Crippen LogP contribution in [-0.2, 0) is 16.0 Å². The lowest BCUT2D eigenvalue weighted by atomic mass is 9.93. The topological polar surface area (TPSA) is 78.7 Å². The van der Waals surface area contributed by atoms with Crippen molar-refractivity contribution >= 4 is 23.1 Å². The summed E-state index contributed by atoms with van der Waals surface area (Å²) in [5.41, 5.74) is 9.02. The van der Waals surface area contributed by atoms with E-state index in [1.165, 1.54) is 12.5 Å². The highest BCUT2D eigenvalue weighted by Gasteiger charge is 2.26. The lowest BCUT2D eigenvalue weighted by molar-refractivity contribution is -0.117. The molecule has 0 radical (unpaired) electrons. The number of nitrogens with two attached hydrogens (primary N) is 1. The number of nitrogens with zero attached hydrogens (tertiary/aromatic N) is 2. The van der Waals surface area contributed by atoms with E-state index in [0.717, 1.165) is 42.8 Å². The predicted octanol–water partition coefficient (Wildman–Crippen LogP) is 3.82. The van der Waals surface area contributed by atoms with Gasteiger partial charge in [0.15, 0.2) is 0 Å². The van der Waals surface area contributed by atoms with Crippen LogP contribution in [0.25, 0.3) is 5.57 Å². The highest BCUT2D eigenvalue weighted by Crippen LogP contribution is 2.33. The second kappa shape index (κ2) is 17.6. The number of primary amides is 1. The van der Waals surface area contributed by atoms with Crippen LogP contribution in [-0.4, -0.2) is 49.9 Å². The van der Waals surface area contributed by atoms with E-state index in [2.05, 4.69) is 73.7 Å². The monoisotopic (exact) mass is 442 g/mol. The average Bonchev–Trinajstić information content (AvgIpc) is 2.77. The van der Waals surface area contributed by atoms with E-state index in [1.807, 2.05) is 31.9 Å². The van der Waals surface area contributed by atoms with Gasteiger partial charge < -0.3 is 20.9 Å². The summed E-state index contributed by atoms with van der Waals surface area (Å²) in [6.45, 7) is 14.9. The highest BCUT2D eigenvalue weighted by molar-refractivity contribution is 5.94. The summed E-state index contributed by atoms with van der Waals surface area (Å²) >= 11 is 0. The molecule has 3 N–H and O–H groups in total. The molecule has 1 aromatic rings. The first-order valence-corrected chi connectivity index (χ1v) is 10.9. The Morgan fingerprint density at radius 2 is 1.88 bits per heavy atom. The summed E-state index contributed by atoms with van der Waals surface area (Å²) in [5.74, 6) is -0.220. The molecule has 32 heavy (non-hydrogen) atoms. The Bertz CT molecular complexity index is 764. The standard InChI is InChI=1S/C20H29N3O.C2H5NO.C2H6.C2H2/c1-6-17(14-22(5)12-11-21-4)18-9-10-20-19(13-18)8-7-15(2)23(20)16(3)24;1-2(3)4;2*1-2/h6,9-10,13-15,21H,1,7-8,11-12H2,2-5H3;1H3,(H2,3,4);1-2H3;1-2H/b17-14+;;;/t15-;;;/m0.../s1. The predicted molar refractivity (Wildman–Crippen MR) is 138 cm³/mol. The number of fused-ring (bicyclic) bond motifs is 1. The molecule has 1 atom stereocenters. The van der Waals surface area contributed by atoms with Crippen LogP contribution in [0.15, 0.2) is 37.1 Å². The van der Waals surface area contributed by atoms with Crippen molar-refractivity contribution in [3.63, 3.8) is 0 Å². The van der Waals surface area contributed by atoms with Gasteiger partial charge >= 0.3 is 0 Å². The van der Waals surface area contributed by atoms with Crippen molar-refractivity contribution in [2.24, 2.45) is 5.73 Å². The van der Waals surface area contributed by atoms with Crippen LogP contribution in [0.3, 0.4) is 0 Å². The molecule has 1 heterocycles. The fourth-order valence-corrected chi connectivity index (χ4v) is 3.25. The molecule has 0 fully saturated rings. The average molecular weight is 443 g/mol. The summed E-state index contributed by atoms with van der Waals surface area (Å²) in [7, 11) is 4.02. The second-order valence-corrected chi connectivity index (χ2v) is 7.10. The van der Waals surface area contributed by atoms with Gasteiger partial charge in [-0.25, -0.2) is 0 Å². The van der Waals surface area contributed by atoms with Gasteiger partial charge in [-0.2, -0.15) is 0 Å². The first kappa shape index (κ1) is 31.1. The molecule has 178 valence electrons. The maximum Gasteiger partial charge on any atom is 0.224 e. The van der Waals surface area contributed by atoms with E-state index in [9.17, 15) is 9.59 Å². The Kier molecular flexibility index (Phi) is 17.2. The van der Waals surface area contributed by atoms with Gasteiger partial charge in [-0.05, 0) is 55.6 Å². The first-order valence-electron chi connectivity index (χ1n) is 10.9. The molecule has 0 aliphatic carbocycles. The van der Waals surface area contributed by atoms with Crippen molar-refractivity contribution < 1.29 is 9.59 Å². The van der Waals surface area contributed by atoms with E-state index in [-0.39, 0.29) is 17.9 Å². The van der Waals surface area contributed by atoms with E-state index in [4.69, 9.17) is 0 Å². The number of hydrogen-bond donors (Lipinski definition) is 2. The van der Waals surface area contributed by atoms with Crippen molar-refractivity contribution in [1.29, 1.82) is 0 Å². The molecule has 0 unspecified atom stereocenters. The van der Waals surface area contributed by atoms with Gasteiger partial charge in [0.25, 0.3) is 0 Å². The zero-order valence-corrected chi connectivity index (χ0v) is 20.9.